The van der Waals surface area contributed by atoms with Gasteiger partial charge in [0.1, 0.15) is 5.69 Å². The van der Waals surface area contributed by atoms with E-state index in [4.69, 9.17) is 0 Å². The highest BCUT2D eigenvalue weighted by Gasteiger charge is 2.30. The highest BCUT2D eigenvalue weighted by molar-refractivity contribution is 9.10. The molecular formula is C11H11BrN2O2. The molecule has 16 heavy (non-hydrogen) atoms. The van der Waals surface area contributed by atoms with E-state index in [-0.39, 0.29) is 17.3 Å². The molecule has 2 rings (SSSR count). The number of nitrogens with one attached hydrogen (secondary N) is 1. The molecule has 1 aromatic rings. The number of aromatic amines is 1. The number of hydrogen-bond donors (Lipinski definition) is 1. The third-order valence-electron chi connectivity index (χ3n) is 2.66. The standard InChI is InChI=1S/C11H11BrN2O2/c1-2-7-3-10(15)14(6-7)9-5-13-4-8(12)11(9)16/h2,4-5,7H,1,3,6H2,(H,13,16). The Morgan fingerprint density at radius 1 is 1.50 bits per heavy atom. The lowest BCUT2D eigenvalue weighted by Gasteiger charge is -2.15. The lowest BCUT2D eigenvalue weighted by atomic mass is 10.1. The number of pyridine rings is 1. The number of H-pyrrole nitrogens is 1. The van der Waals surface area contributed by atoms with E-state index in [1.165, 1.54) is 4.90 Å². The molecule has 1 aromatic heterocycles. The maximum atomic E-state index is 11.8. The van der Waals surface area contributed by atoms with Gasteiger partial charge in [0.05, 0.1) is 4.47 Å². The first kappa shape index (κ1) is 11.1. The van der Waals surface area contributed by atoms with Gasteiger partial charge in [0.25, 0.3) is 0 Å². The zero-order valence-corrected chi connectivity index (χ0v) is 10.2. The summed E-state index contributed by atoms with van der Waals surface area (Å²) >= 11 is 3.14. The van der Waals surface area contributed by atoms with Crippen LogP contribution < -0.4 is 10.3 Å². The SMILES string of the molecule is C=CC1CC(=O)N(c2c[nH]cc(Br)c2=O)C1. The molecule has 1 aliphatic heterocycles. The fourth-order valence-electron chi connectivity index (χ4n) is 1.77. The Labute approximate surface area is 101 Å². The molecule has 1 aliphatic rings. The molecule has 1 N–H and O–H groups in total. The number of hydrogen-bond acceptors (Lipinski definition) is 2. The molecule has 1 fully saturated rings. The highest BCUT2D eigenvalue weighted by atomic mass is 79.9. The monoisotopic (exact) mass is 282 g/mol. The van der Waals surface area contributed by atoms with Gasteiger partial charge in [-0.15, -0.1) is 6.58 Å². The Morgan fingerprint density at radius 3 is 2.88 bits per heavy atom. The zero-order chi connectivity index (χ0) is 11.7. The molecule has 1 atom stereocenters. The maximum absolute atomic E-state index is 11.8. The van der Waals surface area contributed by atoms with Gasteiger partial charge in [0, 0.05) is 31.3 Å². The van der Waals surface area contributed by atoms with Gasteiger partial charge in [0.2, 0.25) is 11.3 Å². The van der Waals surface area contributed by atoms with E-state index in [0.29, 0.717) is 23.1 Å². The second-order valence-corrected chi connectivity index (χ2v) is 4.58. The van der Waals surface area contributed by atoms with Crippen LogP contribution in [0.3, 0.4) is 0 Å². The molecular weight excluding hydrogens is 272 g/mol. The van der Waals surface area contributed by atoms with Crippen LogP contribution in [-0.4, -0.2) is 17.4 Å². The minimum atomic E-state index is -0.170. The predicted molar refractivity (Wildman–Crippen MR) is 65.4 cm³/mol. The van der Waals surface area contributed by atoms with Crippen LogP contribution in [0.25, 0.3) is 0 Å². The van der Waals surface area contributed by atoms with Crippen LogP contribution in [0.15, 0.2) is 34.3 Å². The largest absolute Gasteiger partial charge is 0.365 e. The van der Waals surface area contributed by atoms with E-state index < -0.39 is 0 Å². The van der Waals surface area contributed by atoms with Crippen LogP contribution in [0, 0.1) is 5.92 Å². The predicted octanol–water partition coefficient (Wildman–Crippen LogP) is 1.68. The van der Waals surface area contributed by atoms with Gasteiger partial charge in [-0.1, -0.05) is 6.08 Å². The first-order valence-electron chi connectivity index (χ1n) is 4.93. The summed E-state index contributed by atoms with van der Waals surface area (Å²) in [6.07, 6.45) is 5.29. The minimum absolute atomic E-state index is 0.0338. The maximum Gasteiger partial charge on any atom is 0.227 e. The number of halogens is 1. The molecule has 0 aliphatic carbocycles. The molecule has 5 heteroatoms. The van der Waals surface area contributed by atoms with Crippen LogP contribution in [0.4, 0.5) is 5.69 Å². The average Bonchev–Trinajstić information content (AvgIpc) is 2.64. The Hall–Kier alpha value is -1.36. The summed E-state index contributed by atoms with van der Waals surface area (Å²) in [7, 11) is 0. The number of amides is 1. The van der Waals surface area contributed by atoms with Crippen LogP contribution in [-0.2, 0) is 4.79 Å². The van der Waals surface area contributed by atoms with Crippen molar-refractivity contribution in [3.05, 3.63) is 39.7 Å². The van der Waals surface area contributed by atoms with E-state index in [1.54, 1.807) is 18.5 Å². The van der Waals surface area contributed by atoms with Gasteiger partial charge in [-0.05, 0) is 15.9 Å². The van der Waals surface area contributed by atoms with Crippen LogP contribution >= 0.6 is 15.9 Å². The molecule has 1 saturated heterocycles. The molecule has 0 aromatic carbocycles. The van der Waals surface area contributed by atoms with Gasteiger partial charge >= 0.3 is 0 Å². The smallest absolute Gasteiger partial charge is 0.227 e. The molecule has 2 heterocycles. The van der Waals surface area contributed by atoms with Crippen molar-refractivity contribution in [3.8, 4) is 0 Å². The van der Waals surface area contributed by atoms with Crippen molar-refractivity contribution in [2.75, 3.05) is 11.4 Å². The lowest BCUT2D eigenvalue weighted by molar-refractivity contribution is -0.117. The lowest BCUT2D eigenvalue weighted by Crippen LogP contribution is -2.29. The molecule has 4 nitrogen and oxygen atoms in total. The zero-order valence-electron chi connectivity index (χ0n) is 8.57. The van der Waals surface area contributed by atoms with Gasteiger partial charge < -0.3 is 9.88 Å². The minimum Gasteiger partial charge on any atom is -0.365 e. The van der Waals surface area contributed by atoms with Crippen molar-refractivity contribution < 1.29 is 4.79 Å². The molecule has 0 saturated carbocycles. The van der Waals surface area contributed by atoms with Crippen molar-refractivity contribution in [3.63, 3.8) is 0 Å². The number of carbonyl (C=O) groups is 1. The Balaban J connectivity index is 2.39. The summed E-state index contributed by atoms with van der Waals surface area (Å²) in [5, 5.41) is 0. The topological polar surface area (TPSA) is 53.2 Å². The van der Waals surface area contributed by atoms with E-state index in [1.807, 2.05) is 0 Å². The van der Waals surface area contributed by atoms with Crippen LogP contribution in [0.5, 0.6) is 0 Å². The third kappa shape index (κ3) is 1.82. The Kier molecular flexibility index (Phi) is 2.96. The summed E-state index contributed by atoms with van der Waals surface area (Å²) < 4.78 is 0.430. The molecule has 1 amide bonds. The second kappa shape index (κ2) is 4.25. The number of rotatable bonds is 2. The van der Waals surface area contributed by atoms with E-state index >= 15 is 0 Å². The average molecular weight is 283 g/mol. The van der Waals surface area contributed by atoms with E-state index in [0.717, 1.165) is 0 Å². The number of aromatic nitrogens is 1. The first-order chi connectivity index (χ1) is 7.63. The van der Waals surface area contributed by atoms with Crippen LogP contribution in [0.1, 0.15) is 6.42 Å². The van der Waals surface area contributed by atoms with Crippen molar-refractivity contribution in [2.45, 2.75) is 6.42 Å². The van der Waals surface area contributed by atoms with E-state index in [2.05, 4.69) is 27.5 Å². The quantitative estimate of drug-likeness (QED) is 0.839. The molecule has 1 unspecified atom stereocenters. The molecule has 0 spiro atoms. The van der Waals surface area contributed by atoms with Gasteiger partial charge in [-0.2, -0.15) is 0 Å². The number of nitrogens with zero attached hydrogens (tertiary/aromatic N) is 1. The summed E-state index contributed by atoms with van der Waals surface area (Å²) in [6, 6.07) is 0. The summed E-state index contributed by atoms with van der Waals surface area (Å²) in [5.74, 6) is 0.0966. The van der Waals surface area contributed by atoms with Gasteiger partial charge in [-0.25, -0.2) is 0 Å². The fourth-order valence-corrected chi connectivity index (χ4v) is 2.11. The molecule has 0 bridgehead atoms. The van der Waals surface area contributed by atoms with Crippen molar-refractivity contribution in [2.24, 2.45) is 5.92 Å². The summed E-state index contributed by atoms with van der Waals surface area (Å²) in [6.45, 7) is 4.20. The Bertz CT molecular complexity index is 495. The second-order valence-electron chi connectivity index (χ2n) is 3.72. The molecule has 84 valence electrons. The number of anilines is 1. The third-order valence-corrected chi connectivity index (χ3v) is 3.25. The van der Waals surface area contributed by atoms with Crippen molar-refractivity contribution in [1.82, 2.24) is 4.98 Å². The summed E-state index contributed by atoms with van der Waals surface area (Å²) in [4.78, 5) is 27.9. The van der Waals surface area contributed by atoms with Crippen molar-refractivity contribution >= 4 is 27.5 Å². The van der Waals surface area contributed by atoms with Gasteiger partial charge in [-0.3, -0.25) is 9.59 Å². The van der Waals surface area contributed by atoms with E-state index in [9.17, 15) is 9.59 Å². The highest BCUT2D eigenvalue weighted by Crippen LogP contribution is 2.23. The van der Waals surface area contributed by atoms with Gasteiger partial charge in [0.15, 0.2) is 0 Å². The molecule has 0 radical (unpaired) electrons. The van der Waals surface area contributed by atoms with Crippen LogP contribution in [0.2, 0.25) is 0 Å². The summed E-state index contributed by atoms with van der Waals surface area (Å²) in [5.41, 5.74) is 0.223. The number of carbonyl (C=O) groups excluding carboxylic acids is 1. The first-order valence-corrected chi connectivity index (χ1v) is 5.72. The van der Waals surface area contributed by atoms with Crippen molar-refractivity contribution in [1.29, 1.82) is 0 Å². The Morgan fingerprint density at radius 2 is 2.25 bits per heavy atom. The normalized spacial score (nSPS) is 20.2. The fraction of sp³-hybridized carbons (Fsp3) is 0.273.